The molecule has 2 aliphatic rings. The molecule has 0 saturated heterocycles. The van der Waals surface area contributed by atoms with E-state index >= 15 is 0 Å². The van der Waals surface area contributed by atoms with Crippen molar-refractivity contribution < 1.29 is 4.79 Å². The molecule has 2 fully saturated rings. The van der Waals surface area contributed by atoms with Gasteiger partial charge in [-0.3, -0.25) is 4.79 Å². The number of rotatable bonds is 6. The highest BCUT2D eigenvalue weighted by Crippen LogP contribution is 2.38. The van der Waals surface area contributed by atoms with Gasteiger partial charge in [0, 0.05) is 19.1 Å². The van der Waals surface area contributed by atoms with Crippen molar-refractivity contribution >= 4 is 23.1 Å². The van der Waals surface area contributed by atoms with Gasteiger partial charge >= 0.3 is 0 Å². The molecular weight excluding hydrogens is 246 g/mol. The Kier molecular flexibility index (Phi) is 4.22. The zero-order valence-corrected chi connectivity index (χ0v) is 11.9. The van der Waals surface area contributed by atoms with Crippen LogP contribution >= 0.6 is 12.2 Å². The third-order valence-corrected chi connectivity index (χ3v) is 4.67. The Balaban J connectivity index is 1.80. The highest BCUT2D eigenvalue weighted by molar-refractivity contribution is 7.80. The van der Waals surface area contributed by atoms with Crippen molar-refractivity contribution in [3.63, 3.8) is 0 Å². The molecule has 2 rings (SSSR count). The molecule has 0 atom stereocenters. The van der Waals surface area contributed by atoms with E-state index in [-0.39, 0.29) is 5.91 Å². The third kappa shape index (κ3) is 2.83. The van der Waals surface area contributed by atoms with Gasteiger partial charge in [0.15, 0.2) is 0 Å². The zero-order chi connectivity index (χ0) is 13.2. The van der Waals surface area contributed by atoms with E-state index in [4.69, 9.17) is 18.0 Å². The second-order valence-corrected chi connectivity index (χ2v) is 6.06. The second kappa shape index (κ2) is 5.53. The molecule has 1 amide bonds. The number of hydrogen-bond acceptors (Lipinski definition) is 3. The van der Waals surface area contributed by atoms with Crippen molar-refractivity contribution in [2.24, 2.45) is 11.1 Å². The Morgan fingerprint density at radius 1 is 1.44 bits per heavy atom. The third-order valence-electron chi connectivity index (χ3n) is 4.28. The lowest BCUT2D eigenvalue weighted by molar-refractivity contribution is -0.127. The number of carbonyl (C=O) groups is 1. The van der Waals surface area contributed by atoms with Crippen LogP contribution in [0.15, 0.2) is 0 Å². The van der Waals surface area contributed by atoms with E-state index < -0.39 is 5.41 Å². The van der Waals surface area contributed by atoms with Gasteiger partial charge in [0.25, 0.3) is 0 Å². The van der Waals surface area contributed by atoms with Gasteiger partial charge in [0.1, 0.15) is 0 Å². The number of amides is 1. The Morgan fingerprint density at radius 2 is 2.06 bits per heavy atom. The van der Waals surface area contributed by atoms with E-state index in [2.05, 4.69) is 17.3 Å². The van der Waals surface area contributed by atoms with E-state index in [1.54, 1.807) is 0 Å². The molecule has 0 aromatic carbocycles. The predicted molar refractivity (Wildman–Crippen MR) is 76.3 cm³/mol. The Labute approximate surface area is 114 Å². The molecule has 0 spiro atoms. The van der Waals surface area contributed by atoms with E-state index in [0.717, 1.165) is 38.3 Å². The molecule has 0 radical (unpaired) electrons. The summed E-state index contributed by atoms with van der Waals surface area (Å²) >= 11 is 5.10. The molecule has 5 heteroatoms. The molecule has 18 heavy (non-hydrogen) atoms. The fourth-order valence-corrected chi connectivity index (χ4v) is 3.07. The summed E-state index contributed by atoms with van der Waals surface area (Å²) in [6.07, 6.45) is 6.31. The highest BCUT2D eigenvalue weighted by atomic mass is 32.1. The quantitative estimate of drug-likeness (QED) is 0.708. The first-order chi connectivity index (χ1) is 8.56. The number of nitrogens with one attached hydrogen (secondary N) is 1. The zero-order valence-electron chi connectivity index (χ0n) is 11.1. The molecule has 4 nitrogen and oxygen atoms in total. The fourth-order valence-electron chi connectivity index (χ4n) is 2.78. The minimum absolute atomic E-state index is 0.0386. The molecule has 0 bridgehead atoms. The Hall–Kier alpha value is -0.680. The maximum Gasteiger partial charge on any atom is 0.233 e. The first-order valence-corrected chi connectivity index (χ1v) is 7.25. The SMILES string of the molecule is CN(CCNC(=O)C1(C(N)=S)CCCC1)C1CC1. The normalized spacial score (nSPS) is 22.1. The van der Waals surface area contributed by atoms with Gasteiger partial charge in [-0.1, -0.05) is 25.1 Å². The second-order valence-electron chi connectivity index (χ2n) is 5.62. The van der Waals surface area contributed by atoms with Gasteiger partial charge in [-0.15, -0.1) is 0 Å². The number of likely N-dealkylation sites (N-methyl/N-ethyl adjacent to an activating group) is 1. The van der Waals surface area contributed by atoms with Crippen LogP contribution in [-0.2, 0) is 4.79 Å². The summed E-state index contributed by atoms with van der Waals surface area (Å²) in [6.45, 7) is 1.60. The van der Waals surface area contributed by atoms with Crippen molar-refractivity contribution in [3.05, 3.63) is 0 Å². The van der Waals surface area contributed by atoms with Gasteiger partial charge in [-0.2, -0.15) is 0 Å². The molecule has 102 valence electrons. The van der Waals surface area contributed by atoms with Crippen LogP contribution < -0.4 is 11.1 Å². The predicted octanol–water partition coefficient (Wildman–Crippen LogP) is 1.04. The van der Waals surface area contributed by atoms with Gasteiger partial charge in [0.2, 0.25) is 5.91 Å². The summed E-state index contributed by atoms with van der Waals surface area (Å²) in [6, 6.07) is 0.734. The monoisotopic (exact) mass is 269 g/mol. The van der Waals surface area contributed by atoms with Gasteiger partial charge < -0.3 is 16.0 Å². The largest absolute Gasteiger partial charge is 0.392 e. The van der Waals surface area contributed by atoms with Gasteiger partial charge in [-0.25, -0.2) is 0 Å². The minimum Gasteiger partial charge on any atom is -0.392 e. The molecule has 0 aromatic rings. The summed E-state index contributed by atoms with van der Waals surface area (Å²) in [7, 11) is 2.11. The minimum atomic E-state index is -0.562. The fraction of sp³-hybridized carbons (Fsp3) is 0.846. The average molecular weight is 269 g/mol. The maximum atomic E-state index is 12.3. The number of carbonyl (C=O) groups excluding carboxylic acids is 1. The lowest BCUT2D eigenvalue weighted by Crippen LogP contribution is -2.48. The van der Waals surface area contributed by atoms with Crippen molar-refractivity contribution in [3.8, 4) is 0 Å². The first kappa shape index (κ1) is 13.7. The van der Waals surface area contributed by atoms with Crippen LogP contribution in [0.25, 0.3) is 0 Å². The smallest absolute Gasteiger partial charge is 0.233 e. The number of hydrogen-bond donors (Lipinski definition) is 2. The Morgan fingerprint density at radius 3 is 2.56 bits per heavy atom. The lowest BCUT2D eigenvalue weighted by atomic mass is 9.85. The molecule has 0 aliphatic heterocycles. The first-order valence-electron chi connectivity index (χ1n) is 6.85. The van der Waals surface area contributed by atoms with Crippen molar-refractivity contribution in [1.29, 1.82) is 0 Å². The molecule has 0 heterocycles. The van der Waals surface area contributed by atoms with E-state index in [9.17, 15) is 4.79 Å². The summed E-state index contributed by atoms with van der Waals surface area (Å²) in [4.78, 5) is 15.0. The standard InChI is InChI=1S/C13H23N3OS/c1-16(10-4-5-10)9-8-15-12(17)13(11(14)18)6-2-3-7-13/h10H,2-9H2,1H3,(H2,14,18)(H,15,17). The van der Waals surface area contributed by atoms with Crippen LogP contribution in [0.3, 0.4) is 0 Å². The van der Waals surface area contributed by atoms with Crippen molar-refractivity contribution in [2.45, 2.75) is 44.6 Å². The van der Waals surface area contributed by atoms with Gasteiger partial charge in [-0.05, 0) is 32.7 Å². The van der Waals surface area contributed by atoms with E-state index in [1.165, 1.54) is 12.8 Å². The summed E-state index contributed by atoms with van der Waals surface area (Å²) in [5.74, 6) is 0.0386. The molecule has 0 aromatic heterocycles. The molecule has 2 aliphatic carbocycles. The molecule has 2 saturated carbocycles. The lowest BCUT2D eigenvalue weighted by Gasteiger charge is -2.27. The summed E-state index contributed by atoms with van der Waals surface area (Å²) in [5.41, 5.74) is 5.22. The topological polar surface area (TPSA) is 58.4 Å². The summed E-state index contributed by atoms with van der Waals surface area (Å²) < 4.78 is 0. The number of nitrogens with zero attached hydrogens (tertiary/aromatic N) is 1. The molecule has 3 N–H and O–H groups in total. The van der Waals surface area contributed by atoms with Crippen LogP contribution in [0.5, 0.6) is 0 Å². The average Bonchev–Trinajstić information content (AvgIpc) is 3.05. The molecular formula is C13H23N3OS. The number of nitrogens with two attached hydrogens (primary N) is 1. The Bertz CT molecular complexity index is 335. The van der Waals surface area contributed by atoms with Crippen LogP contribution in [0, 0.1) is 5.41 Å². The molecule has 0 unspecified atom stereocenters. The van der Waals surface area contributed by atoms with Crippen LogP contribution in [-0.4, -0.2) is 42.0 Å². The highest BCUT2D eigenvalue weighted by Gasteiger charge is 2.43. The van der Waals surface area contributed by atoms with E-state index in [0.29, 0.717) is 11.5 Å². The van der Waals surface area contributed by atoms with E-state index in [1.807, 2.05) is 0 Å². The number of thiocarbonyl (C=S) groups is 1. The van der Waals surface area contributed by atoms with Crippen LogP contribution in [0.1, 0.15) is 38.5 Å². The van der Waals surface area contributed by atoms with Crippen molar-refractivity contribution in [1.82, 2.24) is 10.2 Å². The summed E-state index contributed by atoms with van der Waals surface area (Å²) in [5, 5.41) is 3.01. The maximum absolute atomic E-state index is 12.3. The van der Waals surface area contributed by atoms with Gasteiger partial charge in [0.05, 0.1) is 10.4 Å². The van der Waals surface area contributed by atoms with Crippen LogP contribution in [0.4, 0.5) is 0 Å². The van der Waals surface area contributed by atoms with Crippen LogP contribution in [0.2, 0.25) is 0 Å². The van der Waals surface area contributed by atoms with Crippen molar-refractivity contribution in [2.75, 3.05) is 20.1 Å².